The summed E-state index contributed by atoms with van der Waals surface area (Å²) in [7, 11) is 1.92. The van der Waals surface area contributed by atoms with Crippen molar-refractivity contribution in [2.24, 2.45) is 7.05 Å². The molecule has 0 aliphatic carbocycles. The first-order chi connectivity index (χ1) is 16.0. The second kappa shape index (κ2) is 8.29. The molecule has 0 radical (unpaired) electrons. The van der Waals surface area contributed by atoms with Crippen molar-refractivity contribution in [3.8, 4) is 22.6 Å². The Hall–Kier alpha value is -3.78. The Morgan fingerprint density at radius 3 is 2.58 bits per heavy atom. The number of thiazole rings is 1. The summed E-state index contributed by atoms with van der Waals surface area (Å²) in [6.45, 7) is 6.63. The Morgan fingerprint density at radius 1 is 1.06 bits per heavy atom. The minimum atomic E-state index is -0.0476. The van der Waals surface area contributed by atoms with Crippen LogP contribution in [0, 0.1) is 20.8 Å². The van der Waals surface area contributed by atoms with Gasteiger partial charge in [-0.3, -0.25) is 9.48 Å². The molecule has 1 N–H and O–H groups in total. The van der Waals surface area contributed by atoms with Gasteiger partial charge in [-0.15, -0.1) is 11.3 Å². The van der Waals surface area contributed by atoms with Gasteiger partial charge < -0.3 is 14.3 Å². The maximum absolute atomic E-state index is 13.6. The molecule has 33 heavy (non-hydrogen) atoms. The van der Waals surface area contributed by atoms with Gasteiger partial charge in [-0.2, -0.15) is 0 Å². The first-order valence-electron chi connectivity index (χ1n) is 10.7. The largest absolute Gasteiger partial charge is 0.467 e. The molecule has 8 heteroatoms. The lowest BCUT2D eigenvalue weighted by Gasteiger charge is -2.08. The van der Waals surface area contributed by atoms with Gasteiger partial charge in [0.05, 0.1) is 29.9 Å². The third kappa shape index (κ3) is 3.62. The van der Waals surface area contributed by atoms with Crippen molar-refractivity contribution in [3.05, 3.63) is 93.4 Å². The number of furan rings is 1. The number of hydrogen-bond acceptors (Lipinski definition) is 5. The SMILES string of the molecule is Cc1cc(-c2csc(NCc3ccco3)n2)c(C)n1-c1c(C)n(C)n(-c2ccccc2)c1=O. The van der Waals surface area contributed by atoms with E-state index in [1.807, 2.05) is 84.9 Å². The average Bonchev–Trinajstić information content (AvgIpc) is 3.58. The molecule has 5 aromatic rings. The zero-order valence-corrected chi connectivity index (χ0v) is 19.8. The second-order valence-electron chi connectivity index (χ2n) is 8.00. The number of nitrogens with one attached hydrogen (secondary N) is 1. The van der Waals surface area contributed by atoms with Crippen molar-refractivity contribution in [2.45, 2.75) is 27.3 Å². The van der Waals surface area contributed by atoms with E-state index in [4.69, 9.17) is 9.40 Å². The lowest BCUT2D eigenvalue weighted by atomic mass is 10.2. The van der Waals surface area contributed by atoms with Crippen LogP contribution < -0.4 is 10.9 Å². The smallest absolute Gasteiger partial charge is 0.295 e. The number of hydrogen-bond donors (Lipinski definition) is 1. The highest BCUT2D eigenvalue weighted by Crippen LogP contribution is 2.32. The fourth-order valence-electron chi connectivity index (χ4n) is 4.23. The van der Waals surface area contributed by atoms with E-state index in [1.54, 1.807) is 22.3 Å². The molecule has 0 saturated heterocycles. The summed E-state index contributed by atoms with van der Waals surface area (Å²) in [6, 6.07) is 15.6. The number of aromatic nitrogens is 4. The van der Waals surface area contributed by atoms with Crippen LogP contribution in [0.25, 0.3) is 22.6 Å². The first kappa shape index (κ1) is 21.1. The van der Waals surface area contributed by atoms with Gasteiger partial charge >= 0.3 is 0 Å². The maximum Gasteiger partial charge on any atom is 0.295 e. The Morgan fingerprint density at radius 2 is 1.85 bits per heavy atom. The van der Waals surface area contributed by atoms with Crippen LogP contribution in [-0.4, -0.2) is 18.9 Å². The van der Waals surface area contributed by atoms with Gasteiger partial charge in [-0.1, -0.05) is 18.2 Å². The van der Waals surface area contributed by atoms with Crippen molar-refractivity contribution < 1.29 is 4.42 Å². The van der Waals surface area contributed by atoms with Gasteiger partial charge in [-0.05, 0) is 51.1 Å². The molecule has 0 bridgehead atoms. The van der Waals surface area contributed by atoms with E-state index < -0.39 is 0 Å². The van der Waals surface area contributed by atoms with E-state index >= 15 is 0 Å². The summed E-state index contributed by atoms with van der Waals surface area (Å²) in [4.78, 5) is 18.3. The molecule has 4 heterocycles. The third-order valence-corrected chi connectivity index (χ3v) is 6.75. The maximum atomic E-state index is 13.6. The van der Waals surface area contributed by atoms with Gasteiger partial charge in [0.15, 0.2) is 5.13 Å². The van der Waals surface area contributed by atoms with Crippen LogP contribution >= 0.6 is 11.3 Å². The van der Waals surface area contributed by atoms with Crippen molar-refractivity contribution in [3.63, 3.8) is 0 Å². The molecule has 0 saturated carbocycles. The molecule has 0 aliphatic heterocycles. The Balaban J connectivity index is 1.53. The van der Waals surface area contributed by atoms with Crippen LogP contribution in [0.2, 0.25) is 0 Å². The fraction of sp³-hybridized carbons (Fsp3) is 0.200. The lowest BCUT2D eigenvalue weighted by molar-refractivity contribution is 0.518. The molecule has 0 unspecified atom stereocenters. The highest BCUT2D eigenvalue weighted by molar-refractivity contribution is 7.14. The highest BCUT2D eigenvalue weighted by atomic mass is 32.1. The van der Waals surface area contributed by atoms with Crippen LogP contribution in [0.3, 0.4) is 0 Å². The van der Waals surface area contributed by atoms with Crippen molar-refractivity contribution in [1.82, 2.24) is 18.9 Å². The van der Waals surface area contributed by atoms with Crippen LogP contribution in [0.5, 0.6) is 0 Å². The van der Waals surface area contributed by atoms with Gasteiger partial charge in [0.25, 0.3) is 5.56 Å². The summed E-state index contributed by atoms with van der Waals surface area (Å²) in [5, 5.41) is 6.17. The molecule has 4 aromatic heterocycles. The van der Waals surface area contributed by atoms with Gasteiger partial charge in [0.1, 0.15) is 11.4 Å². The molecular weight excluding hydrogens is 434 g/mol. The fourth-order valence-corrected chi connectivity index (χ4v) is 4.94. The quantitative estimate of drug-likeness (QED) is 0.378. The van der Waals surface area contributed by atoms with Crippen LogP contribution in [0.4, 0.5) is 5.13 Å². The van der Waals surface area contributed by atoms with E-state index in [-0.39, 0.29) is 5.56 Å². The third-order valence-electron chi connectivity index (χ3n) is 5.95. The Bertz CT molecular complexity index is 1470. The summed E-state index contributed by atoms with van der Waals surface area (Å²) in [6.07, 6.45) is 1.66. The number of para-hydroxylation sites is 1. The molecule has 0 fully saturated rings. The van der Waals surface area contributed by atoms with E-state index in [2.05, 4.69) is 11.4 Å². The van der Waals surface area contributed by atoms with Crippen molar-refractivity contribution >= 4 is 16.5 Å². The monoisotopic (exact) mass is 459 g/mol. The second-order valence-corrected chi connectivity index (χ2v) is 8.86. The topological polar surface area (TPSA) is 69.9 Å². The molecule has 0 aliphatic rings. The van der Waals surface area contributed by atoms with Gasteiger partial charge in [0.2, 0.25) is 0 Å². The van der Waals surface area contributed by atoms with E-state index in [1.165, 1.54) is 0 Å². The molecule has 168 valence electrons. The molecule has 0 amide bonds. The lowest BCUT2D eigenvalue weighted by Crippen LogP contribution is -2.21. The van der Waals surface area contributed by atoms with Crippen molar-refractivity contribution in [1.29, 1.82) is 0 Å². The normalized spacial score (nSPS) is 11.3. The van der Waals surface area contributed by atoms with Crippen molar-refractivity contribution in [2.75, 3.05) is 5.32 Å². The first-order valence-corrected chi connectivity index (χ1v) is 11.6. The zero-order valence-electron chi connectivity index (χ0n) is 19.0. The minimum absolute atomic E-state index is 0.0476. The average molecular weight is 460 g/mol. The number of aryl methyl sites for hydroxylation is 1. The number of rotatable bonds is 6. The summed E-state index contributed by atoms with van der Waals surface area (Å²) in [5.41, 5.74) is 6.24. The molecule has 0 atom stereocenters. The Labute approximate surface area is 195 Å². The van der Waals surface area contributed by atoms with E-state index in [0.717, 1.165) is 44.9 Å². The molecule has 7 nitrogen and oxygen atoms in total. The molecule has 5 rings (SSSR count). The van der Waals surface area contributed by atoms with Crippen LogP contribution in [0.15, 0.2) is 69.4 Å². The number of benzene rings is 1. The van der Waals surface area contributed by atoms with E-state index in [9.17, 15) is 4.79 Å². The van der Waals surface area contributed by atoms with Gasteiger partial charge in [-0.25, -0.2) is 9.67 Å². The molecular formula is C25H25N5O2S. The van der Waals surface area contributed by atoms with Gasteiger partial charge in [0, 0.05) is 29.4 Å². The zero-order chi connectivity index (χ0) is 23.1. The number of anilines is 1. The molecule has 1 aromatic carbocycles. The predicted molar refractivity (Wildman–Crippen MR) is 132 cm³/mol. The van der Waals surface area contributed by atoms with Crippen LogP contribution in [-0.2, 0) is 13.6 Å². The van der Waals surface area contributed by atoms with E-state index in [0.29, 0.717) is 12.2 Å². The number of nitrogens with zero attached hydrogens (tertiary/aromatic N) is 4. The summed E-state index contributed by atoms with van der Waals surface area (Å²) in [5.74, 6) is 0.860. The summed E-state index contributed by atoms with van der Waals surface area (Å²) >= 11 is 1.55. The molecule has 0 spiro atoms. The summed E-state index contributed by atoms with van der Waals surface area (Å²) < 4.78 is 11.0. The van der Waals surface area contributed by atoms with Crippen LogP contribution in [0.1, 0.15) is 22.8 Å². The minimum Gasteiger partial charge on any atom is -0.467 e. The Kier molecular flexibility index (Phi) is 5.30. The highest BCUT2D eigenvalue weighted by Gasteiger charge is 2.22. The standard InChI is InChI=1S/C25H25N5O2S/c1-16-13-21(22-15-33-25(27-22)26-14-20-11-8-12-32-20)17(2)29(16)23-18(3)28(4)30(24(23)31)19-9-6-5-7-10-19/h5-13,15H,14H2,1-4H3,(H,26,27). The predicted octanol–water partition coefficient (Wildman–Crippen LogP) is 5.22.